The van der Waals surface area contributed by atoms with Gasteiger partial charge in [-0.2, -0.15) is 0 Å². The molecule has 0 bridgehead atoms. The molecule has 1 aromatic carbocycles. The molecule has 1 aromatic heterocycles. The summed E-state index contributed by atoms with van der Waals surface area (Å²) in [5.74, 6) is -0.0609. The Morgan fingerprint density at radius 3 is 2.67 bits per heavy atom. The zero-order valence-electron chi connectivity index (χ0n) is 11.2. The maximum atomic E-state index is 12.2. The molecule has 7 heteroatoms. The van der Waals surface area contributed by atoms with Crippen molar-refractivity contribution in [3.8, 4) is 0 Å². The highest BCUT2D eigenvalue weighted by molar-refractivity contribution is 7.91. The van der Waals surface area contributed by atoms with Gasteiger partial charge in [0.25, 0.3) is 5.56 Å². The van der Waals surface area contributed by atoms with E-state index < -0.39 is 9.84 Å². The van der Waals surface area contributed by atoms with Crippen LogP contribution < -0.4 is 11.3 Å². The number of pyridine rings is 1. The van der Waals surface area contributed by atoms with Crippen molar-refractivity contribution < 1.29 is 8.42 Å². The first-order valence-corrected chi connectivity index (χ1v) is 8.36. The molecule has 0 radical (unpaired) electrons. The molecule has 0 unspecified atom stereocenters. The molecule has 0 saturated heterocycles. The number of halogens is 1. The van der Waals surface area contributed by atoms with Gasteiger partial charge >= 0.3 is 0 Å². The summed E-state index contributed by atoms with van der Waals surface area (Å²) < 4.78 is 25.7. The predicted molar refractivity (Wildman–Crippen MR) is 83.2 cm³/mol. The third-order valence-electron chi connectivity index (χ3n) is 2.97. The molecule has 0 spiro atoms. The summed E-state index contributed by atoms with van der Waals surface area (Å²) in [6.07, 6.45) is 1.83. The van der Waals surface area contributed by atoms with Gasteiger partial charge in [0.05, 0.1) is 10.6 Å². The van der Waals surface area contributed by atoms with Crippen molar-refractivity contribution in [1.82, 2.24) is 4.57 Å². The summed E-state index contributed by atoms with van der Waals surface area (Å²) in [6, 6.07) is 9.02. The molecule has 1 heterocycles. The summed E-state index contributed by atoms with van der Waals surface area (Å²) in [7, 11) is -3.41. The Morgan fingerprint density at radius 1 is 1.19 bits per heavy atom. The molecular weight excluding hydrogens is 312 g/mol. The molecule has 0 amide bonds. The van der Waals surface area contributed by atoms with Crippen molar-refractivity contribution in [3.63, 3.8) is 0 Å². The normalized spacial score (nSPS) is 11.5. The monoisotopic (exact) mass is 326 g/mol. The van der Waals surface area contributed by atoms with Crippen LogP contribution in [-0.4, -0.2) is 18.7 Å². The van der Waals surface area contributed by atoms with Gasteiger partial charge in [-0.15, -0.1) is 0 Å². The quantitative estimate of drug-likeness (QED) is 0.910. The molecule has 112 valence electrons. The van der Waals surface area contributed by atoms with Gasteiger partial charge in [-0.05, 0) is 30.7 Å². The van der Waals surface area contributed by atoms with E-state index in [1.54, 1.807) is 12.1 Å². The maximum Gasteiger partial charge on any atom is 0.250 e. The number of anilines is 1. The van der Waals surface area contributed by atoms with Crippen LogP contribution in [0.4, 0.5) is 5.69 Å². The Kier molecular flexibility index (Phi) is 4.69. The van der Waals surface area contributed by atoms with Gasteiger partial charge in [-0.3, -0.25) is 4.79 Å². The van der Waals surface area contributed by atoms with E-state index in [9.17, 15) is 13.2 Å². The van der Waals surface area contributed by atoms with Crippen molar-refractivity contribution in [2.75, 3.05) is 11.5 Å². The third kappa shape index (κ3) is 4.09. The molecule has 2 rings (SSSR count). The SMILES string of the molecule is Nc1ccc(=O)n(CCCS(=O)(=O)c2cccc(Cl)c2)c1. The number of hydrogen-bond donors (Lipinski definition) is 1. The van der Waals surface area contributed by atoms with Crippen LogP contribution in [0.5, 0.6) is 0 Å². The molecule has 0 aliphatic rings. The second kappa shape index (κ2) is 6.32. The van der Waals surface area contributed by atoms with Crippen LogP contribution in [0.15, 0.2) is 52.3 Å². The zero-order valence-corrected chi connectivity index (χ0v) is 12.8. The lowest BCUT2D eigenvalue weighted by molar-refractivity contribution is 0.584. The van der Waals surface area contributed by atoms with Crippen LogP contribution in [0.2, 0.25) is 5.02 Å². The fourth-order valence-corrected chi connectivity index (χ4v) is 3.52. The summed E-state index contributed by atoms with van der Waals surface area (Å²) in [4.78, 5) is 11.8. The Bertz CT molecular complexity index is 800. The second-order valence-corrected chi connectivity index (χ2v) is 7.17. The molecule has 0 aliphatic heterocycles. The highest BCUT2D eigenvalue weighted by Crippen LogP contribution is 2.17. The lowest BCUT2D eigenvalue weighted by Crippen LogP contribution is -2.20. The predicted octanol–water partition coefficient (Wildman–Crippen LogP) is 1.95. The van der Waals surface area contributed by atoms with Crippen molar-refractivity contribution in [1.29, 1.82) is 0 Å². The fraction of sp³-hybridized carbons (Fsp3) is 0.214. The van der Waals surface area contributed by atoms with Crippen molar-refractivity contribution in [2.45, 2.75) is 17.9 Å². The summed E-state index contributed by atoms with van der Waals surface area (Å²) in [5.41, 5.74) is 5.86. The number of sulfone groups is 1. The van der Waals surface area contributed by atoms with Gasteiger partial charge in [-0.25, -0.2) is 8.42 Å². The number of nitrogens with two attached hydrogens (primary N) is 1. The van der Waals surface area contributed by atoms with Gasteiger partial charge in [0.2, 0.25) is 0 Å². The topological polar surface area (TPSA) is 82.2 Å². The second-order valence-electron chi connectivity index (χ2n) is 4.62. The van der Waals surface area contributed by atoms with E-state index >= 15 is 0 Å². The van der Waals surface area contributed by atoms with Crippen LogP contribution in [0.1, 0.15) is 6.42 Å². The summed E-state index contributed by atoms with van der Waals surface area (Å²) in [6.45, 7) is 0.295. The molecular formula is C14H15ClN2O3S. The van der Waals surface area contributed by atoms with Crippen molar-refractivity contribution >= 4 is 27.1 Å². The zero-order chi connectivity index (χ0) is 15.5. The number of aryl methyl sites for hydroxylation is 1. The summed E-state index contributed by atoms with van der Waals surface area (Å²) in [5, 5.41) is 0.378. The van der Waals surface area contributed by atoms with Crippen molar-refractivity contribution in [2.24, 2.45) is 0 Å². The van der Waals surface area contributed by atoms with Crippen LogP contribution in [-0.2, 0) is 16.4 Å². The number of aromatic nitrogens is 1. The smallest absolute Gasteiger partial charge is 0.250 e. The summed E-state index contributed by atoms with van der Waals surface area (Å²) >= 11 is 5.80. The number of benzene rings is 1. The van der Waals surface area contributed by atoms with Gasteiger partial charge in [0.1, 0.15) is 0 Å². The minimum atomic E-state index is -3.41. The van der Waals surface area contributed by atoms with Crippen molar-refractivity contribution in [3.05, 3.63) is 58.0 Å². The highest BCUT2D eigenvalue weighted by Gasteiger charge is 2.14. The molecule has 5 nitrogen and oxygen atoms in total. The third-order valence-corrected chi connectivity index (χ3v) is 5.01. The van der Waals surface area contributed by atoms with E-state index in [1.165, 1.54) is 35.0 Å². The van der Waals surface area contributed by atoms with Gasteiger partial charge in [-0.1, -0.05) is 17.7 Å². The first-order chi connectivity index (χ1) is 9.88. The Balaban J connectivity index is 2.06. The molecule has 0 fully saturated rings. The minimum Gasteiger partial charge on any atom is -0.398 e. The first kappa shape index (κ1) is 15.6. The van der Waals surface area contributed by atoms with Crippen LogP contribution >= 0.6 is 11.6 Å². The molecule has 2 N–H and O–H groups in total. The van der Waals surface area contributed by atoms with Gasteiger partial charge < -0.3 is 10.3 Å². The Morgan fingerprint density at radius 2 is 1.95 bits per heavy atom. The number of nitrogens with zero attached hydrogens (tertiary/aromatic N) is 1. The minimum absolute atomic E-state index is 0.0609. The average molecular weight is 327 g/mol. The van der Waals surface area contributed by atoms with E-state index in [1.807, 2.05) is 0 Å². The number of nitrogen functional groups attached to an aromatic ring is 1. The van der Waals surface area contributed by atoms with E-state index in [4.69, 9.17) is 17.3 Å². The molecule has 2 aromatic rings. The van der Waals surface area contributed by atoms with Crippen LogP contribution in [0.25, 0.3) is 0 Å². The van der Waals surface area contributed by atoms with Gasteiger partial charge in [0.15, 0.2) is 9.84 Å². The number of hydrogen-bond acceptors (Lipinski definition) is 4. The van der Waals surface area contributed by atoms with E-state index in [-0.39, 0.29) is 16.2 Å². The van der Waals surface area contributed by atoms with E-state index in [0.717, 1.165) is 0 Å². The van der Waals surface area contributed by atoms with E-state index in [2.05, 4.69) is 0 Å². The Hall–Kier alpha value is -1.79. The average Bonchev–Trinajstić information content (AvgIpc) is 2.42. The first-order valence-electron chi connectivity index (χ1n) is 6.33. The fourth-order valence-electron chi connectivity index (χ4n) is 1.93. The standard InChI is InChI=1S/C14H15ClN2O3S/c15-11-3-1-4-13(9-11)21(19,20)8-2-7-17-10-12(16)5-6-14(17)18/h1,3-6,9-10H,2,7-8,16H2. The lowest BCUT2D eigenvalue weighted by Gasteiger charge is -2.07. The molecule has 0 atom stereocenters. The highest BCUT2D eigenvalue weighted by atomic mass is 35.5. The van der Waals surface area contributed by atoms with Crippen LogP contribution in [0, 0.1) is 0 Å². The number of rotatable bonds is 5. The largest absolute Gasteiger partial charge is 0.398 e. The van der Waals surface area contributed by atoms with E-state index in [0.29, 0.717) is 23.7 Å². The maximum absolute atomic E-state index is 12.2. The van der Waals surface area contributed by atoms with Gasteiger partial charge in [0, 0.05) is 29.5 Å². The molecule has 0 aliphatic carbocycles. The lowest BCUT2D eigenvalue weighted by atomic mass is 10.4. The van der Waals surface area contributed by atoms with Crippen LogP contribution in [0.3, 0.4) is 0 Å². The molecule has 21 heavy (non-hydrogen) atoms. The molecule has 0 saturated carbocycles. The Labute approximate surface area is 127 Å².